The number of aromatic nitrogens is 1. The van der Waals surface area contributed by atoms with E-state index in [1.54, 1.807) is 12.3 Å². The third kappa shape index (κ3) is 4.64. The first kappa shape index (κ1) is 18.6. The van der Waals surface area contributed by atoms with Gasteiger partial charge in [0.1, 0.15) is 5.01 Å². The Morgan fingerprint density at radius 2 is 2.12 bits per heavy atom. The first-order valence-corrected chi connectivity index (χ1v) is 9.50. The summed E-state index contributed by atoms with van der Waals surface area (Å²) >= 11 is 1.17. The smallest absolute Gasteiger partial charge is 0.357 e. The second kappa shape index (κ2) is 8.93. The van der Waals surface area contributed by atoms with E-state index in [1.807, 2.05) is 6.92 Å². The molecule has 6 heteroatoms. The highest BCUT2D eigenvalue weighted by molar-refractivity contribution is 7.10. The number of carbonyl (C=O) groups is 2. The number of rotatable bonds is 7. The molecule has 0 radical (unpaired) electrons. The Hall–Kier alpha value is -1.74. The van der Waals surface area contributed by atoms with Gasteiger partial charge in [-0.1, -0.05) is 39.0 Å². The van der Waals surface area contributed by atoms with E-state index in [9.17, 15) is 14.9 Å². The molecule has 5 nitrogen and oxygen atoms in total. The molecule has 0 amide bonds. The van der Waals surface area contributed by atoms with E-state index in [0.29, 0.717) is 10.9 Å². The molecule has 2 rings (SSSR count). The number of nitriles is 1. The van der Waals surface area contributed by atoms with Crippen LogP contribution in [0.2, 0.25) is 0 Å². The molecule has 1 aliphatic rings. The highest BCUT2D eigenvalue weighted by Crippen LogP contribution is 2.32. The summed E-state index contributed by atoms with van der Waals surface area (Å²) < 4.78 is 4.90. The molecule has 0 saturated heterocycles. The number of ether oxygens (including phenoxy) is 1. The molecular formula is C18H24N2O3S. The number of thiazole rings is 1. The lowest BCUT2D eigenvalue weighted by Crippen LogP contribution is -2.22. The van der Waals surface area contributed by atoms with Crippen molar-refractivity contribution in [1.29, 1.82) is 5.26 Å². The van der Waals surface area contributed by atoms with Crippen molar-refractivity contribution in [3.8, 4) is 6.07 Å². The number of Topliss-reactive ketones (excluding diaryl/α,β-unsaturated/α-hetero) is 1. The lowest BCUT2D eigenvalue weighted by Gasteiger charge is -2.24. The minimum Gasteiger partial charge on any atom is -0.461 e. The fourth-order valence-electron chi connectivity index (χ4n) is 3.28. The van der Waals surface area contributed by atoms with Gasteiger partial charge in [0, 0.05) is 11.3 Å². The van der Waals surface area contributed by atoms with E-state index >= 15 is 0 Å². The normalized spacial score (nSPS) is 17.7. The minimum atomic E-state index is -0.892. The molecule has 0 N–H and O–H groups in total. The molecule has 0 aromatic carbocycles. The maximum Gasteiger partial charge on any atom is 0.357 e. The van der Waals surface area contributed by atoms with Crippen LogP contribution in [0.4, 0.5) is 0 Å². The average Bonchev–Trinajstić information content (AvgIpc) is 3.06. The Morgan fingerprint density at radius 3 is 2.75 bits per heavy atom. The number of hydrogen-bond acceptors (Lipinski definition) is 6. The molecule has 0 unspecified atom stereocenters. The summed E-state index contributed by atoms with van der Waals surface area (Å²) in [6, 6.07) is 2.07. The van der Waals surface area contributed by atoms with E-state index in [-0.39, 0.29) is 24.0 Å². The van der Waals surface area contributed by atoms with E-state index in [4.69, 9.17) is 4.74 Å². The second-order valence-corrected chi connectivity index (χ2v) is 7.29. The molecule has 24 heavy (non-hydrogen) atoms. The highest BCUT2D eigenvalue weighted by atomic mass is 32.1. The molecule has 1 saturated carbocycles. The number of nitrogens with zero attached hydrogens (tertiary/aromatic N) is 2. The summed E-state index contributed by atoms with van der Waals surface area (Å²) in [5, 5.41) is 11.4. The van der Waals surface area contributed by atoms with Gasteiger partial charge >= 0.3 is 5.97 Å². The third-order valence-electron chi connectivity index (χ3n) is 4.56. The van der Waals surface area contributed by atoms with Crippen molar-refractivity contribution in [1.82, 2.24) is 4.98 Å². The van der Waals surface area contributed by atoms with Crippen molar-refractivity contribution in [2.45, 2.75) is 58.3 Å². The Labute approximate surface area is 147 Å². The molecule has 0 spiro atoms. The summed E-state index contributed by atoms with van der Waals surface area (Å²) in [6.45, 7) is 3.89. The molecule has 0 aliphatic heterocycles. The van der Waals surface area contributed by atoms with Gasteiger partial charge in [0.15, 0.2) is 17.4 Å². The van der Waals surface area contributed by atoms with Gasteiger partial charge in [0.2, 0.25) is 0 Å². The second-order valence-electron chi connectivity index (χ2n) is 6.40. The summed E-state index contributed by atoms with van der Waals surface area (Å²) in [7, 11) is 0. The van der Waals surface area contributed by atoms with Crippen molar-refractivity contribution in [3.05, 3.63) is 16.1 Å². The average molecular weight is 348 g/mol. The summed E-state index contributed by atoms with van der Waals surface area (Å²) in [6.07, 6.45) is 6.96. The molecular weight excluding hydrogens is 324 g/mol. The molecule has 130 valence electrons. The topological polar surface area (TPSA) is 80.0 Å². The van der Waals surface area contributed by atoms with Crippen LogP contribution in [0.5, 0.6) is 0 Å². The molecule has 1 heterocycles. The number of carbonyl (C=O) groups excluding carboxylic acids is 2. The highest BCUT2D eigenvalue weighted by Gasteiger charge is 2.30. The van der Waals surface area contributed by atoms with Crippen LogP contribution < -0.4 is 0 Å². The van der Waals surface area contributed by atoms with Gasteiger partial charge in [-0.25, -0.2) is 9.78 Å². The van der Waals surface area contributed by atoms with Gasteiger partial charge < -0.3 is 4.74 Å². The predicted molar refractivity (Wildman–Crippen MR) is 91.8 cm³/mol. The van der Waals surface area contributed by atoms with Crippen LogP contribution >= 0.6 is 11.3 Å². The van der Waals surface area contributed by atoms with E-state index in [0.717, 1.165) is 6.42 Å². The quantitative estimate of drug-likeness (QED) is 0.693. The van der Waals surface area contributed by atoms with Crippen LogP contribution in [-0.4, -0.2) is 23.3 Å². The maximum absolute atomic E-state index is 12.7. The van der Waals surface area contributed by atoms with Crippen LogP contribution in [0.15, 0.2) is 5.38 Å². The Bertz CT molecular complexity index is 614. The number of esters is 1. The van der Waals surface area contributed by atoms with E-state index < -0.39 is 11.9 Å². The Balaban J connectivity index is 2.02. The number of ketones is 1. The van der Waals surface area contributed by atoms with E-state index in [2.05, 4.69) is 11.1 Å². The van der Waals surface area contributed by atoms with Crippen molar-refractivity contribution in [3.63, 3.8) is 0 Å². The van der Waals surface area contributed by atoms with Crippen LogP contribution in [-0.2, 0) is 9.53 Å². The maximum atomic E-state index is 12.7. The van der Waals surface area contributed by atoms with Gasteiger partial charge in [0.25, 0.3) is 0 Å². The van der Waals surface area contributed by atoms with Crippen molar-refractivity contribution < 1.29 is 14.3 Å². The van der Waals surface area contributed by atoms with Gasteiger partial charge in [-0.15, -0.1) is 11.3 Å². The Kier molecular flexibility index (Phi) is 6.92. The van der Waals surface area contributed by atoms with Crippen molar-refractivity contribution >= 4 is 23.1 Å². The summed E-state index contributed by atoms with van der Waals surface area (Å²) in [5.41, 5.74) is 0.171. The summed E-state index contributed by atoms with van der Waals surface area (Å²) in [5.74, 6) is -1.07. The van der Waals surface area contributed by atoms with Crippen molar-refractivity contribution in [2.75, 3.05) is 6.61 Å². The van der Waals surface area contributed by atoms with Crippen LogP contribution in [0.25, 0.3) is 0 Å². The molecule has 1 aliphatic carbocycles. The van der Waals surface area contributed by atoms with Crippen molar-refractivity contribution in [2.24, 2.45) is 11.8 Å². The fourth-order valence-corrected chi connectivity index (χ4v) is 4.12. The van der Waals surface area contributed by atoms with E-state index in [1.165, 1.54) is 43.4 Å². The zero-order chi connectivity index (χ0) is 17.5. The van der Waals surface area contributed by atoms with Crippen LogP contribution in [0.3, 0.4) is 0 Å². The van der Waals surface area contributed by atoms with Crippen LogP contribution in [0.1, 0.15) is 73.8 Å². The number of hydrogen-bond donors (Lipinski definition) is 0. The van der Waals surface area contributed by atoms with Gasteiger partial charge in [-0.3, -0.25) is 4.79 Å². The fraction of sp³-hybridized carbons (Fsp3) is 0.667. The zero-order valence-electron chi connectivity index (χ0n) is 14.3. The first-order chi connectivity index (χ1) is 11.6. The molecule has 0 bridgehead atoms. The molecule has 1 fully saturated rings. The molecule has 1 aromatic rings. The SMILES string of the molecule is CCOC(=O)c1csc([C@H](C#N)C(=O)[C@@H](C)CC2CCCCC2)n1. The lowest BCUT2D eigenvalue weighted by molar-refractivity contribution is -0.123. The first-order valence-electron chi connectivity index (χ1n) is 8.62. The minimum absolute atomic E-state index is 0.0900. The monoisotopic (exact) mass is 348 g/mol. The largest absolute Gasteiger partial charge is 0.461 e. The predicted octanol–water partition coefficient (Wildman–Crippen LogP) is 4.10. The summed E-state index contributed by atoms with van der Waals surface area (Å²) in [4.78, 5) is 28.5. The Morgan fingerprint density at radius 1 is 1.42 bits per heavy atom. The zero-order valence-corrected chi connectivity index (χ0v) is 15.1. The lowest BCUT2D eigenvalue weighted by atomic mass is 9.80. The van der Waals surface area contributed by atoms with Gasteiger partial charge in [-0.05, 0) is 19.3 Å². The molecule has 2 atom stereocenters. The standard InChI is InChI=1S/C18H24N2O3S/c1-3-23-18(22)15-11-24-17(20-15)14(10-19)16(21)12(2)9-13-7-5-4-6-8-13/h11-14H,3-9H2,1-2H3/t12-,14+/m0/s1. The van der Waals surface area contributed by atoms with Gasteiger partial charge in [-0.2, -0.15) is 5.26 Å². The molecule has 1 aromatic heterocycles. The van der Waals surface area contributed by atoms with Crippen LogP contribution in [0, 0.1) is 23.2 Å². The van der Waals surface area contributed by atoms with Gasteiger partial charge in [0.05, 0.1) is 12.7 Å². The third-order valence-corrected chi connectivity index (χ3v) is 5.47.